The van der Waals surface area contributed by atoms with E-state index >= 15 is 0 Å². The third-order valence-electron chi connectivity index (χ3n) is 2.55. The first-order valence-corrected chi connectivity index (χ1v) is 5.88. The fourth-order valence-corrected chi connectivity index (χ4v) is 1.68. The molecule has 0 spiro atoms. The minimum Gasteiger partial charge on any atom is -0.456 e. The lowest BCUT2D eigenvalue weighted by Gasteiger charge is -2.09. The van der Waals surface area contributed by atoms with E-state index in [9.17, 15) is 0 Å². The lowest BCUT2D eigenvalue weighted by molar-refractivity contribution is 0.395. The topological polar surface area (TPSA) is 64.1 Å². The molecule has 0 saturated carbocycles. The lowest BCUT2D eigenvalue weighted by Crippen LogP contribution is -2.20. The van der Waals surface area contributed by atoms with Gasteiger partial charge in [0.1, 0.15) is 5.76 Å². The van der Waals surface area contributed by atoms with E-state index in [4.69, 9.17) is 8.83 Å². The molecule has 1 unspecified atom stereocenters. The van der Waals surface area contributed by atoms with Gasteiger partial charge in [-0.15, -0.1) is 10.2 Å². The predicted octanol–water partition coefficient (Wildman–Crippen LogP) is 2.70. The van der Waals surface area contributed by atoms with Gasteiger partial charge in [0.25, 0.3) is 5.89 Å². The minimum atomic E-state index is 0.109. The molecule has 5 nitrogen and oxygen atoms in total. The highest BCUT2D eigenvalue weighted by atomic mass is 16.4. The molecule has 17 heavy (non-hydrogen) atoms. The van der Waals surface area contributed by atoms with Crippen LogP contribution in [0.3, 0.4) is 0 Å². The van der Waals surface area contributed by atoms with Crippen LogP contribution in [0.25, 0.3) is 11.7 Å². The largest absolute Gasteiger partial charge is 0.456 e. The molecule has 2 aromatic heterocycles. The Morgan fingerprint density at radius 3 is 2.65 bits per heavy atom. The molecule has 0 aromatic carbocycles. The molecule has 0 amide bonds. The van der Waals surface area contributed by atoms with Crippen LogP contribution in [0, 0.1) is 6.92 Å². The fourth-order valence-electron chi connectivity index (χ4n) is 1.68. The summed E-state index contributed by atoms with van der Waals surface area (Å²) in [6.07, 6.45) is 0.909. The zero-order chi connectivity index (χ0) is 12.3. The Kier molecular flexibility index (Phi) is 3.58. The number of nitrogens with one attached hydrogen (secondary N) is 1. The van der Waals surface area contributed by atoms with Crippen LogP contribution in [0.1, 0.15) is 38.0 Å². The summed E-state index contributed by atoms with van der Waals surface area (Å²) in [6, 6.07) is 3.82. The molecule has 5 heteroatoms. The first-order chi connectivity index (χ1) is 8.24. The Hall–Kier alpha value is -1.62. The van der Waals surface area contributed by atoms with Crippen molar-refractivity contribution in [2.75, 3.05) is 6.54 Å². The number of aromatic nitrogens is 2. The fraction of sp³-hybridized carbons (Fsp3) is 0.500. The monoisotopic (exact) mass is 235 g/mol. The Labute approximate surface area is 100 Å². The van der Waals surface area contributed by atoms with Gasteiger partial charge in [0, 0.05) is 0 Å². The first-order valence-electron chi connectivity index (χ1n) is 5.88. The quantitative estimate of drug-likeness (QED) is 0.863. The highest BCUT2D eigenvalue weighted by Gasteiger charge is 2.17. The molecule has 2 aromatic rings. The molecule has 0 fully saturated rings. The van der Waals surface area contributed by atoms with Crippen LogP contribution in [-0.2, 0) is 0 Å². The van der Waals surface area contributed by atoms with Gasteiger partial charge in [-0.25, -0.2) is 0 Å². The van der Waals surface area contributed by atoms with Crippen LogP contribution in [0.4, 0.5) is 0 Å². The van der Waals surface area contributed by atoms with E-state index in [2.05, 4.69) is 29.4 Å². The second-order valence-electron chi connectivity index (χ2n) is 3.87. The molecular weight excluding hydrogens is 218 g/mol. The molecule has 1 atom stereocenters. The second-order valence-corrected chi connectivity index (χ2v) is 3.87. The van der Waals surface area contributed by atoms with Crippen molar-refractivity contribution in [3.63, 3.8) is 0 Å². The van der Waals surface area contributed by atoms with Crippen molar-refractivity contribution in [3.05, 3.63) is 23.8 Å². The molecule has 2 rings (SSSR count). The number of nitrogens with zero attached hydrogens (tertiary/aromatic N) is 2. The molecular formula is C12H17N3O2. The SMILES string of the molecule is CCNC(CC)c1nnc(-c2ccc(C)o2)o1. The highest BCUT2D eigenvalue weighted by molar-refractivity contribution is 5.43. The van der Waals surface area contributed by atoms with Gasteiger partial charge in [-0.1, -0.05) is 13.8 Å². The summed E-state index contributed by atoms with van der Waals surface area (Å²) in [6.45, 7) is 6.88. The van der Waals surface area contributed by atoms with Crippen LogP contribution in [0.15, 0.2) is 21.0 Å². The summed E-state index contributed by atoms with van der Waals surface area (Å²) < 4.78 is 11.0. The molecule has 0 aliphatic rings. The summed E-state index contributed by atoms with van der Waals surface area (Å²) in [5, 5.41) is 11.3. The molecule has 0 radical (unpaired) electrons. The van der Waals surface area contributed by atoms with E-state index in [0.29, 0.717) is 17.5 Å². The number of hydrogen-bond acceptors (Lipinski definition) is 5. The molecule has 0 saturated heterocycles. The molecule has 0 aliphatic heterocycles. The van der Waals surface area contributed by atoms with E-state index in [1.165, 1.54) is 0 Å². The number of rotatable bonds is 5. The summed E-state index contributed by atoms with van der Waals surface area (Å²) in [7, 11) is 0. The molecule has 92 valence electrons. The van der Waals surface area contributed by atoms with Crippen LogP contribution in [0.5, 0.6) is 0 Å². The van der Waals surface area contributed by atoms with Gasteiger partial charge in [-0.05, 0) is 32.0 Å². The van der Waals surface area contributed by atoms with E-state index in [1.807, 2.05) is 19.1 Å². The zero-order valence-corrected chi connectivity index (χ0v) is 10.4. The van der Waals surface area contributed by atoms with Crippen LogP contribution < -0.4 is 5.32 Å². The van der Waals surface area contributed by atoms with Gasteiger partial charge in [-0.2, -0.15) is 0 Å². The average molecular weight is 235 g/mol. The van der Waals surface area contributed by atoms with Crippen molar-refractivity contribution in [2.24, 2.45) is 0 Å². The summed E-state index contributed by atoms with van der Waals surface area (Å²) >= 11 is 0. The van der Waals surface area contributed by atoms with Crippen LogP contribution in [0.2, 0.25) is 0 Å². The maximum atomic E-state index is 5.61. The van der Waals surface area contributed by atoms with Crippen molar-refractivity contribution in [1.29, 1.82) is 0 Å². The smallest absolute Gasteiger partial charge is 0.283 e. The van der Waals surface area contributed by atoms with Gasteiger partial charge < -0.3 is 14.2 Å². The first kappa shape index (κ1) is 11.9. The van der Waals surface area contributed by atoms with E-state index < -0.39 is 0 Å². The number of furan rings is 1. The molecule has 2 heterocycles. The van der Waals surface area contributed by atoms with E-state index in [-0.39, 0.29) is 6.04 Å². The van der Waals surface area contributed by atoms with Gasteiger partial charge in [-0.3, -0.25) is 0 Å². The van der Waals surface area contributed by atoms with Gasteiger partial charge in [0.05, 0.1) is 6.04 Å². The van der Waals surface area contributed by atoms with E-state index in [1.54, 1.807) is 0 Å². The number of hydrogen-bond donors (Lipinski definition) is 1. The Morgan fingerprint density at radius 2 is 2.06 bits per heavy atom. The van der Waals surface area contributed by atoms with Crippen LogP contribution in [-0.4, -0.2) is 16.7 Å². The lowest BCUT2D eigenvalue weighted by atomic mass is 10.2. The van der Waals surface area contributed by atoms with Gasteiger partial charge in [0.15, 0.2) is 5.76 Å². The minimum absolute atomic E-state index is 0.109. The normalized spacial score (nSPS) is 12.9. The maximum Gasteiger partial charge on any atom is 0.283 e. The average Bonchev–Trinajstić information content (AvgIpc) is 2.94. The summed E-state index contributed by atoms with van der Waals surface area (Å²) in [5.74, 6) is 2.49. The highest BCUT2D eigenvalue weighted by Crippen LogP contribution is 2.23. The molecule has 0 aliphatic carbocycles. The van der Waals surface area contributed by atoms with Gasteiger partial charge >= 0.3 is 0 Å². The van der Waals surface area contributed by atoms with Crippen molar-refractivity contribution < 1.29 is 8.83 Å². The third kappa shape index (κ3) is 2.55. The van der Waals surface area contributed by atoms with E-state index in [0.717, 1.165) is 18.7 Å². The zero-order valence-electron chi connectivity index (χ0n) is 10.4. The third-order valence-corrected chi connectivity index (χ3v) is 2.55. The predicted molar refractivity (Wildman–Crippen MR) is 63.4 cm³/mol. The summed E-state index contributed by atoms with van der Waals surface area (Å²) in [5.41, 5.74) is 0. The second kappa shape index (κ2) is 5.14. The summed E-state index contributed by atoms with van der Waals surface area (Å²) in [4.78, 5) is 0. The standard InChI is InChI=1S/C12H17N3O2/c1-4-9(13-5-2)11-14-15-12(17-11)10-7-6-8(3)16-10/h6-7,9,13H,4-5H2,1-3H3. The molecule has 1 N–H and O–H groups in total. The van der Waals surface area contributed by atoms with Crippen molar-refractivity contribution in [3.8, 4) is 11.7 Å². The maximum absolute atomic E-state index is 5.61. The van der Waals surface area contributed by atoms with Crippen LogP contribution >= 0.6 is 0 Å². The van der Waals surface area contributed by atoms with Crippen molar-refractivity contribution in [1.82, 2.24) is 15.5 Å². The van der Waals surface area contributed by atoms with Crippen molar-refractivity contribution >= 4 is 0 Å². The Morgan fingerprint density at radius 1 is 1.24 bits per heavy atom. The Balaban J connectivity index is 2.20. The Bertz CT molecular complexity index is 476. The van der Waals surface area contributed by atoms with Crippen molar-refractivity contribution in [2.45, 2.75) is 33.2 Å². The number of aryl methyl sites for hydroxylation is 1. The molecule has 0 bridgehead atoms. The van der Waals surface area contributed by atoms with Gasteiger partial charge in [0.2, 0.25) is 5.89 Å².